The monoisotopic (exact) mass is 554 g/mol. The first-order chi connectivity index (χ1) is 19.4. The summed E-state index contributed by atoms with van der Waals surface area (Å²) in [6, 6.07) is 19.3. The molecule has 3 aromatic carbocycles. The van der Waals surface area contributed by atoms with Crippen LogP contribution in [-0.2, 0) is 22.6 Å². The number of aliphatic hydroxyl groups excluding tert-OH is 1. The second-order valence-electron chi connectivity index (χ2n) is 9.62. The lowest BCUT2D eigenvalue weighted by molar-refractivity contribution is -0.132. The Labute approximate surface area is 235 Å². The number of fused-ring (bicyclic) bond motifs is 1. The van der Waals surface area contributed by atoms with E-state index in [2.05, 4.69) is 4.98 Å². The summed E-state index contributed by atoms with van der Waals surface area (Å²) in [6.07, 6.45) is 2.28. The van der Waals surface area contributed by atoms with Crippen molar-refractivity contribution in [2.75, 3.05) is 12.0 Å². The number of aliphatic hydroxyl groups is 1. The molecule has 0 bridgehead atoms. The molecular weight excluding hydrogens is 528 g/mol. The Bertz CT molecular complexity index is 1620. The Morgan fingerprint density at radius 1 is 1.10 bits per heavy atom. The predicted molar refractivity (Wildman–Crippen MR) is 151 cm³/mol. The third-order valence-electron chi connectivity index (χ3n) is 6.98. The minimum atomic E-state index is -0.924. The summed E-state index contributed by atoms with van der Waals surface area (Å²) in [5, 5.41) is 13.6. The molecule has 4 aromatic rings. The third-order valence-corrected chi connectivity index (χ3v) is 7.75. The number of hydrogen-bond acceptors (Lipinski definition) is 8. The summed E-state index contributed by atoms with van der Waals surface area (Å²) < 4.78 is 17.4. The van der Waals surface area contributed by atoms with Gasteiger partial charge in [0, 0.05) is 23.6 Å². The van der Waals surface area contributed by atoms with E-state index in [1.54, 1.807) is 41.9 Å². The van der Waals surface area contributed by atoms with Crippen LogP contribution in [0.2, 0.25) is 0 Å². The number of ether oxygens (including phenoxy) is 3. The number of amides is 1. The lowest BCUT2D eigenvalue weighted by atomic mass is 9.94. The third kappa shape index (κ3) is 4.58. The van der Waals surface area contributed by atoms with Gasteiger partial charge >= 0.3 is 5.91 Å². The van der Waals surface area contributed by atoms with Crippen LogP contribution in [-0.4, -0.2) is 35.0 Å². The average Bonchev–Trinajstić information content (AvgIpc) is 3.69. The number of carbonyl (C=O) groups is 2. The standard InChI is InChI=1S/C31H26N2O6S/c1-18-14-22-15-21(9-10-23(22)39-18)28(34)26-27(33(30(36)29(26)35)31-32-12-13-40-31)20-8-11-24(25(16-20)37-2)38-17-19-6-4-3-5-7-19/h3-13,15-16,18,27,34H,14,17H2,1-2H3/b28-26+/t18-,27-/m0/s1. The molecule has 2 aliphatic heterocycles. The maximum atomic E-state index is 13.5. The van der Waals surface area contributed by atoms with Crippen molar-refractivity contribution in [2.24, 2.45) is 0 Å². The van der Waals surface area contributed by atoms with Gasteiger partial charge in [0.25, 0.3) is 5.78 Å². The lowest BCUT2D eigenvalue weighted by Crippen LogP contribution is -2.29. The highest BCUT2D eigenvalue weighted by atomic mass is 32.1. The number of benzene rings is 3. The van der Waals surface area contributed by atoms with Crippen LogP contribution in [0.4, 0.5) is 5.13 Å². The summed E-state index contributed by atoms with van der Waals surface area (Å²) in [7, 11) is 1.53. The molecule has 1 N–H and O–H groups in total. The van der Waals surface area contributed by atoms with Gasteiger partial charge < -0.3 is 19.3 Å². The van der Waals surface area contributed by atoms with E-state index in [0.29, 0.717) is 40.8 Å². The van der Waals surface area contributed by atoms with E-state index in [9.17, 15) is 14.7 Å². The minimum Gasteiger partial charge on any atom is -0.507 e. The quantitative estimate of drug-likeness (QED) is 0.178. The van der Waals surface area contributed by atoms with Gasteiger partial charge in [0.1, 0.15) is 24.2 Å². The Morgan fingerprint density at radius 2 is 1.93 bits per heavy atom. The van der Waals surface area contributed by atoms with Crippen LogP contribution in [0.5, 0.6) is 17.2 Å². The molecule has 40 heavy (non-hydrogen) atoms. The van der Waals surface area contributed by atoms with Gasteiger partial charge in [-0.05, 0) is 53.9 Å². The molecule has 1 saturated heterocycles. The van der Waals surface area contributed by atoms with Gasteiger partial charge in [0.15, 0.2) is 16.6 Å². The average molecular weight is 555 g/mol. The normalized spacial score (nSPS) is 19.4. The van der Waals surface area contributed by atoms with E-state index >= 15 is 0 Å². The van der Waals surface area contributed by atoms with Crippen LogP contribution in [0, 0.1) is 0 Å². The van der Waals surface area contributed by atoms with E-state index in [1.165, 1.54) is 23.3 Å². The largest absolute Gasteiger partial charge is 0.507 e. The van der Waals surface area contributed by atoms with Gasteiger partial charge in [-0.1, -0.05) is 36.4 Å². The van der Waals surface area contributed by atoms with Gasteiger partial charge in [-0.3, -0.25) is 14.5 Å². The second-order valence-corrected chi connectivity index (χ2v) is 10.5. The zero-order valence-electron chi connectivity index (χ0n) is 21.9. The topological polar surface area (TPSA) is 98.2 Å². The van der Waals surface area contributed by atoms with Crippen molar-refractivity contribution >= 4 is 33.9 Å². The van der Waals surface area contributed by atoms with Crippen LogP contribution in [0.1, 0.15) is 35.2 Å². The highest BCUT2D eigenvalue weighted by Gasteiger charge is 2.48. The van der Waals surface area contributed by atoms with Crippen LogP contribution >= 0.6 is 11.3 Å². The molecule has 6 rings (SSSR count). The maximum Gasteiger partial charge on any atom is 0.301 e. The van der Waals surface area contributed by atoms with Gasteiger partial charge in [0.2, 0.25) is 0 Å². The van der Waals surface area contributed by atoms with Crippen molar-refractivity contribution < 1.29 is 28.9 Å². The summed E-state index contributed by atoms with van der Waals surface area (Å²) in [4.78, 5) is 32.5. The SMILES string of the molecule is COc1cc([C@H]2/C(=C(\O)c3ccc4c(c3)C[C@H](C)O4)C(=O)C(=O)N2c2nccs2)ccc1OCc1ccccc1. The molecule has 202 valence electrons. The molecule has 2 aliphatic rings. The number of nitrogens with zero attached hydrogens (tertiary/aromatic N) is 2. The fourth-order valence-corrected chi connectivity index (χ4v) is 5.78. The first-order valence-electron chi connectivity index (χ1n) is 12.8. The first kappa shape index (κ1) is 25.6. The zero-order valence-corrected chi connectivity index (χ0v) is 22.7. The second kappa shape index (κ2) is 10.5. The molecule has 9 heteroatoms. The van der Waals surface area contributed by atoms with E-state index in [-0.39, 0.29) is 17.4 Å². The van der Waals surface area contributed by atoms with Crippen LogP contribution < -0.4 is 19.1 Å². The Morgan fingerprint density at radius 3 is 2.67 bits per heavy atom. The number of anilines is 1. The number of thiazole rings is 1. The molecule has 0 aliphatic carbocycles. The van der Waals surface area contributed by atoms with E-state index < -0.39 is 17.7 Å². The van der Waals surface area contributed by atoms with E-state index in [1.807, 2.05) is 43.3 Å². The molecular formula is C31H26N2O6S. The lowest BCUT2D eigenvalue weighted by Gasteiger charge is -2.24. The molecule has 0 unspecified atom stereocenters. The molecule has 3 heterocycles. The van der Waals surface area contributed by atoms with Crippen LogP contribution in [0.25, 0.3) is 5.76 Å². The smallest absolute Gasteiger partial charge is 0.301 e. The number of aromatic nitrogens is 1. The fraction of sp³-hybridized carbons (Fsp3) is 0.194. The van der Waals surface area contributed by atoms with Crippen molar-refractivity contribution in [2.45, 2.75) is 32.1 Å². The van der Waals surface area contributed by atoms with Gasteiger partial charge in [0.05, 0.1) is 18.7 Å². The predicted octanol–water partition coefficient (Wildman–Crippen LogP) is 5.68. The van der Waals surface area contributed by atoms with E-state index in [4.69, 9.17) is 14.2 Å². The Hall–Kier alpha value is -4.63. The molecule has 8 nitrogen and oxygen atoms in total. The highest BCUT2D eigenvalue weighted by molar-refractivity contribution is 7.14. The molecule has 2 atom stereocenters. The molecule has 1 fully saturated rings. The van der Waals surface area contributed by atoms with Gasteiger partial charge in [-0.2, -0.15) is 0 Å². The van der Waals surface area contributed by atoms with Crippen molar-refractivity contribution in [1.82, 2.24) is 4.98 Å². The van der Waals surface area contributed by atoms with Crippen molar-refractivity contribution in [3.8, 4) is 17.2 Å². The van der Waals surface area contributed by atoms with Crippen molar-refractivity contribution in [3.63, 3.8) is 0 Å². The Balaban J connectivity index is 1.43. The highest BCUT2D eigenvalue weighted by Crippen LogP contribution is 2.45. The van der Waals surface area contributed by atoms with Crippen LogP contribution in [0.3, 0.4) is 0 Å². The van der Waals surface area contributed by atoms with Gasteiger partial charge in [-0.25, -0.2) is 4.98 Å². The number of Topliss-reactive ketones (excluding diaryl/α,β-unsaturated/α-hetero) is 1. The number of hydrogen-bond donors (Lipinski definition) is 1. The molecule has 0 spiro atoms. The van der Waals surface area contributed by atoms with Crippen LogP contribution in [0.15, 0.2) is 83.9 Å². The van der Waals surface area contributed by atoms with Crippen molar-refractivity contribution in [3.05, 3.63) is 106 Å². The summed E-state index contributed by atoms with van der Waals surface area (Å²) in [5.41, 5.74) is 2.92. The summed E-state index contributed by atoms with van der Waals surface area (Å²) >= 11 is 1.23. The fourth-order valence-electron chi connectivity index (χ4n) is 5.11. The number of carbonyl (C=O) groups excluding carboxylic acids is 2. The number of ketones is 1. The molecule has 1 amide bonds. The van der Waals surface area contributed by atoms with Crippen molar-refractivity contribution in [1.29, 1.82) is 0 Å². The summed E-state index contributed by atoms with van der Waals surface area (Å²) in [6.45, 7) is 2.31. The molecule has 0 radical (unpaired) electrons. The van der Waals surface area contributed by atoms with Gasteiger partial charge in [-0.15, -0.1) is 11.3 Å². The Kier molecular flexibility index (Phi) is 6.73. The minimum absolute atomic E-state index is 0.0212. The first-order valence-corrected chi connectivity index (χ1v) is 13.7. The zero-order chi connectivity index (χ0) is 27.8. The molecule has 0 saturated carbocycles. The number of rotatable bonds is 7. The number of methoxy groups -OCH3 is 1. The maximum absolute atomic E-state index is 13.5. The molecule has 1 aromatic heterocycles. The van der Waals surface area contributed by atoms with E-state index in [0.717, 1.165) is 16.9 Å². The summed E-state index contributed by atoms with van der Waals surface area (Å²) in [5.74, 6) is -0.113.